The first-order valence-corrected chi connectivity index (χ1v) is 11.1. The quantitative estimate of drug-likeness (QED) is 0.736. The molecule has 0 spiro atoms. The second-order valence-corrected chi connectivity index (χ2v) is 8.31. The van der Waals surface area contributed by atoms with E-state index in [1.807, 2.05) is 0 Å². The molecule has 0 aromatic carbocycles. The zero-order chi connectivity index (χ0) is 18.0. The molecule has 3 N–H and O–H groups in total. The molecule has 2 saturated carbocycles. The molecule has 2 fully saturated rings. The first-order valence-electron chi connectivity index (χ1n) is 11.1. The highest BCUT2D eigenvalue weighted by atomic mass is 15.2. The number of anilines is 2. The zero-order valence-corrected chi connectivity index (χ0v) is 16.4. The number of rotatable bonds is 3. The van der Waals surface area contributed by atoms with Gasteiger partial charge in [0.1, 0.15) is 5.82 Å². The number of hydrogen-bond acceptors (Lipinski definition) is 5. The van der Waals surface area contributed by atoms with Gasteiger partial charge in [-0.25, -0.2) is 0 Å². The summed E-state index contributed by atoms with van der Waals surface area (Å²) in [6, 6.07) is 0.472. The van der Waals surface area contributed by atoms with Crippen LogP contribution in [0.25, 0.3) is 0 Å². The van der Waals surface area contributed by atoms with Crippen molar-refractivity contribution in [2.24, 2.45) is 0 Å². The molecule has 0 radical (unpaired) electrons. The smallest absolute Gasteiger partial charge is 0.227 e. The monoisotopic (exact) mass is 359 g/mol. The van der Waals surface area contributed by atoms with Crippen molar-refractivity contribution in [1.29, 1.82) is 0 Å². The summed E-state index contributed by atoms with van der Waals surface area (Å²) in [6.45, 7) is 0. The van der Waals surface area contributed by atoms with Gasteiger partial charge in [0.05, 0.1) is 0 Å². The molecule has 0 saturated heterocycles. The van der Waals surface area contributed by atoms with Gasteiger partial charge in [0, 0.05) is 12.0 Å². The SMILES string of the molecule is Nc1nc(NC2CCCCCCCCC2)nc(C2CCCCCCC2)n1. The van der Waals surface area contributed by atoms with Crippen LogP contribution >= 0.6 is 0 Å². The van der Waals surface area contributed by atoms with Gasteiger partial charge in [-0.15, -0.1) is 0 Å². The molecule has 1 aromatic heterocycles. The normalized spacial score (nSPS) is 22.3. The molecule has 5 heteroatoms. The van der Waals surface area contributed by atoms with Gasteiger partial charge in [-0.05, 0) is 25.7 Å². The van der Waals surface area contributed by atoms with Crippen LogP contribution in [0.15, 0.2) is 0 Å². The molecular formula is C21H37N5. The maximum Gasteiger partial charge on any atom is 0.227 e. The predicted molar refractivity (Wildman–Crippen MR) is 108 cm³/mol. The van der Waals surface area contributed by atoms with Crippen molar-refractivity contribution in [3.63, 3.8) is 0 Å². The average Bonchev–Trinajstić information content (AvgIpc) is 2.60. The summed E-state index contributed by atoms with van der Waals surface area (Å²) < 4.78 is 0. The fraction of sp³-hybridized carbons (Fsp3) is 0.857. The molecule has 0 atom stereocenters. The zero-order valence-electron chi connectivity index (χ0n) is 16.4. The molecule has 2 aliphatic rings. The molecule has 3 rings (SSSR count). The van der Waals surface area contributed by atoms with E-state index in [0.29, 0.717) is 23.9 Å². The molecule has 0 bridgehead atoms. The van der Waals surface area contributed by atoms with Gasteiger partial charge < -0.3 is 11.1 Å². The Labute approximate surface area is 159 Å². The Morgan fingerprint density at radius 3 is 1.69 bits per heavy atom. The molecular weight excluding hydrogens is 322 g/mol. The maximum atomic E-state index is 6.04. The Balaban J connectivity index is 1.65. The predicted octanol–water partition coefficient (Wildman–Crippen LogP) is 5.59. The van der Waals surface area contributed by atoms with Crippen LogP contribution in [0.3, 0.4) is 0 Å². The number of nitrogens with two attached hydrogens (primary N) is 1. The minimum Gasteiger partial charge on any atom is -0.368 e. The lowest BCUT2D eigenvalue weighted by Gasteiger charge is -2.22. The third-order valence-electron chi connectivity index (χ3n) is 6.08. The lowest BCUT2D eigenvalue weighted by molar-refractivity contribution is 0.441. The number of hydrogen-bond donors (Lipinski definition) is 2. The van der Waals surface area contributed by atoms with E-state index in [9.17, 15) is 0 Å². The minimum atomic E-state index is 0.374. The van der Waals surface area contributed by atoms with Crippen molar-refractivity contribution in [3.05, 3.63) is 5.82 Å². The molecule has 5 nitrogen and oxygen atoms in total. The Hall–Kier alpha value is -1.39. The molecule has 146 valence electrons. The van der Waals surface area contributed by atoms with E-state index in [1.165, 1.54) is 103 Å². The van der Waals surface area contributed by atoms with Crippen LogP contribution in [0.1, 0.15) is 114 Å². The van der Waals surface area contributed by atoms with E-state index in [-0.39, 0.29) is 0 Å². The van der Waals surface area contributed by atoms with E-state index in [4.69, 9.17) is 10.7 Å². The summed E-state index contributed by atoms with van der Waals surface area (Å²) in [4.78, 5) is 13.7. The van der Waals surface area contributed by atoms with Crippen LogP contribution in [-0.2, 0) is 0 Å². The first-order chi connectivity index (χ1) is 12.8. The molecule has 0 unspecified atom stereocenters. The highest BCUT2D eigenvalue weighted by Gasteiger charge is 2.19. The van der Waals surface area contributed by atoms with Crippen molar-refractivity contribution >= 4 is 11.9 Å². The third kappa shape index (κ3) is 6.40. The highest BCUT2D eigenvalue weighted by Crippen LogP contribution is 2.29. The fourth-order valence-electron chi connectivity index (χ4n) is 4.51. The highest BCUT2D eigenvalue weighted by molar-refractivity contribution is 5.32. The van der Waals surface area contributed by atoms with Crippen LogP contribution in [-0.4, -0.2) is 21.0 Å². The van der Waals surface area contributed by atoms with E-state index in [2.05, 4.69) is 15.3 Å². The summed E-state index contributed by atoms with van der Waals surface area (Å²) in [5, 5.41) is 3.60. The largest absolute Gasteiger partial charge is 0.368 e. The standard InChI is InChI=1S/C21H37N5/c22-20-24-19(17-13-9-5-4-6-10-14-17)25-21(26-20)23-18-15-11-7-2-1-3-8-12-16-18/h17-18H,1-16H2,(H3,22,23,24,25,26). The Morgan fingerprint density at radius 1 is 0.615 bits per heavy atom. The second-order valence-electron chi connectivity index (χ2n) is 8.31. The number of aromatic nitrogens is 3. The van der Waals surface area contributed by atoms with E-state index in [1.54, 1.807) is 0 Å². The van der Waals surface area contributed by atoms with Gasteiger partial charge in [-0.3, -0.25) is 0 Å². The topological polar surface area (TPSA) is 76.7 Å². The van der Waals surface area contributed by atoms with Gasteiger partial charge in [0.25, 0.3) is 0 Å². The van der Waals surface area contributed by atoms with Crippen LogP contribution in [0.5, 0.6) is 0 Å². The van der Waals surface area contributed by atoms with Crippen molar-refractivity contribution in [2.75, 3.05) is 11.1 Å². The lowest BCUT2D eigenvalue weighted by Crippen LogP contribution is -2.23. The third-order valence-corrected chi connectivity index (χ3v) is 6.08. The summed E-state index contributed by atoms with van der Waals surface area (Å²) in [7, 11) is 0. The molecule has 2 aliphatic carbocycles. The van der Waals surface area contributed by atoms with Gasteiger partial charge in [-0.2, -0.15) is 15.0 Å². The van der Waals surface area contributed by atoms with E-state index in [0.717, 1.165) is 5.82 Å². The summed E-state index contributed by atoms with van der Waals surface area (Å²) in [5.41, 5.74) is 6.04. The Kier molecular flexibility index (Phi) is 7.96. The van der Waals surface area contributed by atoms with Crippen molar-refractivity contribution < 1.29 is 0 Å². The lowest BCUT2D eigenvalue weighted by atomic mass is 9.90. The molecule has 1 heterocycles. The van der Waals surface area contributed by atoms with Gasteiger partial charge >= 0.3 is 0 Å². The summed E-state index contributed by atoms with van der Waals surface area (Å²) in [5.74, 6) is 2.45. The second kappa shape index (κ2) is 10.7. The van der Waals surface area contributed by atoms with Crippen molar-refractivity contribution in [2.45, 2.75) is 115 Å². The maximum absolute atomic E-state index is 6.04. The number of nitrogens with one attached hydrogen (secondary N) is 1. The molecule has 0 aliphatic heterocycles. The molecule has 0 amide bonds. The molecule has 1 aromatic rings. The average molecular weight is 360 g/mol. The van der Waals surface area contributed by atoms with Crippen molar-refractivity contribution in [3.8, 4) is 0 Å². The van der Waals surface area contributed by atoms with E-state index < -0.39 is 0 Å². The fourth-order valence-corrected chi connectivity index (χ4v) is 4.51. The Bertz CT molecular complexity index is 515. The van der Waals surface area contributed by atoms with Crippen LogP contribution in [0, 0.1) is 0 Å². The Morgan fingerprint density at radius 2 is 1.12 bits per heavy atom. The van der Waals surface area contributed by atoms with Gasteiger partial charge in [-0.1, -0.05) is 77.0 Å². The van der Waals surface area contributed by atoms with Gasteiger partial charge in [0.15, 0.2) is 0 Å². The van der Waals surface area contributed by atoms with Crippen LogP contribution in [0.2, 0.25) is 0 Å². The van der Waals surface area contributed by atoms with E-state index >= 15 is 0 Å². The van der Waals surface area contributed by atoms with Crippen LogP contribution in [0.4, 0.5) is 11.9 Å². The minimum absolute atomic E-state index is 0.374. The first kappa shape index (κ1) is 19.4. The number of nitrogen functional groups attached to an aromatic ring is 1. The summed E-state index contributed by atoms with van der Waals surface area (Å²) in [6.07, 6.45) is 20.9. The van der Waals surface area contributed by atoms with Gasteiger partial charge in [0.2, 0.25) is 11.9 Å². The molecule has 26 heavy (non-hydrogen) atoms. The summed E-state index contributed by atoms with van der Waals surface area (Å²) >= 11 is 0. The number of nitrogens with zero attached hydrogens (tertiary/aromatic N) is 3. The van der Waals surface area contributed by atoms with Crippen molar-refractivity contribution in [1.82, 2.24) is 15.0 Å². The van der Waals surface area contributed by atoms with Crippen LogP contribution < -0.4 is 11.1 Å².